The summed E-state index contributed by atoms with van der Waals surface area (Å²) in [4.78, 5) is 0. The lowest BCUT2D eigenvalue weighted by molar-refractivity contribution is 0.340. The zero-order valence-electron chi connectivity index (χ0n) is 8.13. The van der Waals surface area contributed by atoms with Gasteiger partial charge in [0.05, 0.1) is 6.61 Å². The van der Waals surface area contributed by atoms with Gasteiger partial charge in [-0.05, 0) is 19.1 Å². The Morgan fingerprint density at radius 2 is 2.00 bits per heavy atom. The van der Waals surface area contributed by atoms with Crippen molar-refractivity contribution in [2.75, 3.05) is 6.61 Å². The predicted octanol–water partition coefficient (Wildman–Crippen LogP) is -0.454. The smallest absolute Gasteiger partial charge is 0.154 e. The van der Waals surface area contributed by atoms with Gasteiger partial charge < -0.3 is 15.7 Å². The molecule has 0 radical (unpaired) electrons. The topological polar surface area (TPSA) is 72.2 Å². The van der Waals surface area contributed by atoms with Gasteiger partial charge in [-0.2, -0.15) is 0 Å². The Labute approximate surface area is 79.6 Å². The van der Waals surface area contributed by atoms with Crippen LogP contribution in [0.25, 0.3) is 0 Å². The van der Waals surface area contributed by atoms with Crippen LogP contribution < -0.4 is 10.2 Å². The molecule has 0 fully saturated rings. The minimum Gasteiger partial charge on any atom is -0.494 e. The third-order valence-electron chi connectivity index (χ3n) is 1.62. The lowest BCUT2D eigenvalue weighted by atomic mass is 9.73. The summed E-state index contributed by atoms with van der Waals surface area (Å²) in [5.74, 6) is 0.979. The van der Waals surface area contributed by atoms with Gasteiger partial charge in [0, 0.05) is 0 Å². The Morgan fingerprint density at radius 3 is 2.54 bits per heavy atom. The summed E-state index contributed by atoms with van der Waals surface area (Å²) >= 11 is 0. The van der Waals surface area contributed by atoms with Crippen molar-refractivity contribution in [3.63, 3.8) is 0 Å². The van der Waals surface area contributed by atoms with E-state index in [1.54, 1.807) is 0 Å². The molecule has 13 heavy (non-hydrogen) atoms. The molecule has 4 N–H and O–H groups in total. The molecule has 1 aromatic rings. The maximum atomic E-state index is 5.35. The maximum absolute atomic E-state index is 5.35. The van der Waals surface area contributed by atoms with Crippen molar-refractivity contribution in [1.29, 1.82) is 0 Å². The second-order valence-corrected chi connectivity index (χ2v) is 2.43. The summed E-state index contributed by atoms with van der Waals surface area (Å²) in [5, 5.41) is 0. The standard InChI is InChI=1S/C9H13BO.2H2O/c1-3-11-9-6-4-5-8(7-9)10-2;;/h4-7,10H,3H2,1-2H3;2*1H2. The fraction of sp³-hybridized carbons (Fsp3) is 0.333. The molecule has 0 aromatic heterocycles. The van der Waals surface area contributed by atoms with Gasteiger partial charge in [-0.1, -0.05) is 24.4 Å². The molecule has 0 atom stereocenters. The zero-order valence-corrected chi connectivity index (χ0v) is 8.13. The van der Waals surface area contributed by atoms with E-state index in [1.807, 2.05) is 19.1 Å². The van der Waals surface area contributed by atoms with Crippen LogP contribution in [0.2, 0.25) is 6.82 Å². The monoisotopic (exact) mass is 184 g/mol. The highest BCUT2D eigenvalue weighted by atomic mass is 16.5. The van der Waals surface area contributed by atoms with Gasteiger partial charge in [-0.3, -0.25) is 0 Å². The maximum Gasteiger partial charge on any atom is 0.154 e. The SMILES string of the molecule is CBc1cccc(OCC)c1.O.O. The van der Waals surface area contributed by atoms with Crippen LogP contribution in [0.15, 0.2) is 24.3 Å². The molecule has 0 aliphatic heterocycles. The van der Waals surface area contributed by atoms with E-state index in [0.29, 0.717) is 0 Å². The number of ether oxygens (including phenoxy) is 1. The molecule has 0 unspecified atom stereocenters. The Balaban J connectivity index is 0. The van der Waals surface area contributed by atoms with E-state index in [2.05, 4.69) is 19.0 Å². The van der Waals surface area contributed by atoms with E-state index in [0.717, 1.165) is 19.6 Å². The van der Waals surface area contributed by atoms with E-state index in [9.17, 15) is 0 Å². The van der Waals surface area contributed by atoms with Crippen LogP contribution in [0.4, 0.5) is 0 Å². The quantitative estimate of drug-likeness (QED) is 0.586. The minimum atomic E-state index is 0. The highest BCUT2D eigenvalue weighted by Gasteiger charge is 1.93. The van der Waals surface area contributed by atoms with Crippen LogP contribution in [0.5, 0.6) is 5.75 Å². The average molecular weight is 184 g/mol. The van der Waals surface area contributed by atoms with Crippen LogP contribution in [0.3, 0.4) is 0 Å². The summed E-state index contributed by atoms with van der Waals surface area (Å²) in [6.45, 7) is 4.89. The van der Waals surface area contributed by atoms with Gasteiger partial charge in [0.1, 0.15) is 5.75 Å². The van der Waals surface area contributed by atoms with E-state index in [1.165, 1.54) is 5.46 Å². The first-order valence-electron chi connectivity index (χ1n) is 4.08. The van der Waals surface area contributed by atoms with Gasteiger partial charge >= 0.3 is 0 Å². The summed E-state index contributed by atoms with van der Waals surface area (Å²) in [6.07, 6.45) is 0. The van der Waals surface area contributed by atoms with E-state index < -0.39 is 0 Å². The molecule has 4 heteroatoms. The first kappa shape index (κ1) is 14.5. The number of hydrogen-bond donors (Lipinski definition) is 0. The van der Waals surface area contributed by atoms with Gasteiger partial charge in [0.15, 0.2) is 7.28 Å². The van der Waals surface area contributed by atoms with Crippen molar-refractivity contribution >= 4 is 12.7 Å². The highest BCUT2D eigenvalue weighted by molar-refractivity contribution is 6.51. The molecule has 0 aliphatic carbocycles. The number of hydrogen-bond acceptors (Lipinski definition) is 1. The van der Waals surface area contributed by atoms with Crippen molar-refractivity contribution < 1.29 is 15.7 Å². The predicted molar refractivity (Wildman–Crippen MR) is 57.5 cm³/mol. The van der Waals surface area contributed by atoms with E-state index in [4.69, 9.17) is 4.74 Å². The molecule has 1 aromatic carbocycles. The highest BCUT2D eigenvalue weighted by Crippen LogP contribution is 2.05. The van der Waals surface area contributed by atoms with Gasteiger partial charge in [-0.15, -0.1) is 0 Å². The second kappa shape index (κ2) is 7.64. The fourth-order valence-electron chi connectivity index (χ4n) is 1.02. The Bertz CT molecular complexity index is 228. The summed E-state index contributed by atoms with van der Waals surface area (Å²) in [7, 11) is 1.07. The van der Waals surface area contributed by atoms with Crippen molar-refractivity contribution in [3.8, 4) is 5.75 Å². The van der Waals surface area contributed by atoms with Crippen LogP contribution in [-0.4, -0.2) is 24.8 Å². The molecular formula is C9H17BO3. The van der Waals surface area contributed by atoms with Crippen LogP contribution in [-0.2, 0) is 0 Å². The van der Waals surface area contributed by atoms with Crippen molar-refractivity contribution in [1.82, 2.24) is 0 Å². The van der Waals surface area contributed by atoms with Crippen molar-refractivity contribution in [3.05, 3.63) is 24.3 Å². The second-order valence-electron chi connectivity index (χ2n) is 2.43. The van der Waals surface area contributed by atoms with Gasteiger partial charge in [0.2, 0.25) is 0 Å². The lowest BCUT2D eigenvalue weighted by Gasteiger charge is -2.03. The van der Waals surface area contributed by atoms with E-state index >= 15 is 0 Å². The number of rotatable bonds is 3. The fourth-order valence-corrected chi connectivity index (χ4v) is 1.02. The van der Waals surface area contributed by atoms with E-state index in [-0.39, 0.29) is 11.0 Å². The summed E-state index contributed by atoms with van der Waals surface area (Å²) < 4.78 is 5.35. The zero-order chi connectivity index (χ0) is 8.10. The Kier molecular flexibility index (Phi) is 8.54. The molecular weight excluding hydrogens is 167 g/mol. The molecule has 1 rings (SSSR count). The average Bonchev–Trinajstić information content (AvgIpc) is 2.06. The summed E-state index contributed by atoms with van der Waals surface area (Å²) in [5.41, 5.74) is 1.33. The minimum absolute atomic E-state index is 0. The van der Waals surface area contributed by atoms with Gasteiger partial charge in [-0.25, -0.2) is 0 Å². The van der Waals surface area contributed by atoms with Crippen molar-refractivity contribution in [2.45, 2.75) is 13.7 Å². The first-order chi connectivity index (χ1) is 5.36. The third-order valence-corrected chi connectivity index (χ3v) is 1.62. The van der Waals surface area contributed by atoms with Crippen LogP contribution in [0.1, 0.15) is 6.92 Å². The molecule has 0 saturated carbocycles. The van der Waals surface area contributed by atoms with Crippen LogP contribution >= 0.6 is 0 Å². The molecule has 3 nitrogen and oxygen atoms in total. The lowest BCUT2D eigenvalue weighted by Crippen LogP contribution is -2.09. The Morgan fingerprint density at radius 1 is 1.31 bits per heavy atom. The molecule has 0 aliphatic rings. The molecule has 74 valence electrons. The van der Waals surface area contributed by atoms with Gasteiger partial charge in [0.25, 0.3) is 0 Å². The number of benzene rings is 1. The molecule has 0 amide bonds. The van der Waals surface area contributed by atoms with Crippen molar-refractivity contribution in [2.24, 2.45) is 0 Å². The third kappa shape index (κ3) is 4.55. The first-order valence-corrected chi connectivity index (χ1v) is 4.08. The molecule has 0 heterocycles. The summed E-state index contributed by atoms with van der Waals surface area (Å²) in [6, 6.07) is 8.22. The van der Waals surface area contributed by atoms with Crippen LogP contribution in [0, 0.1) is 0 Å². The molecule has 0 saturated heterocycles. The molecule has 0 spiro atoms. The largest absolute Gasteiger partial charge is 0.494 e. The molecule has 0 bridgehead atoms. The normalized spacial score (nSPS) is 7.85. The Hall–Kier alpha value is -0.995.